The third-order valence-electron chi connectivity index (χ3n) is 6.23. The molecule has 0 radical (unpaired) electrons. The van der Waals surface area contributed by atoms with Crippen molar-refractivity contribution in [3.63, 3.8) is 0 Å². The minimum absolute atomic E-state index is 0.0130. The number of likely N-dealkylation sites (N-methyl/N-ethyl adjacent to an activating group) is 1. The topological polar surface area (TPSA) is 56.8 Å². The summed E-state index contributed by atoms with van der Waals surface area (Å²) in [5.41, 5.74) is 4.79. The monoisotopic (exact) mass is 442 g/mol. The third kappa shape index (κ3) is 4.90. The molecule has 1 fully saturated rings. The number of benzene rings is 2. The summed E-state index contributed by atoms with van der Waals surface area (Å²) in [5.74, 6) is -0.0831. The molecule has 1 atom stereocenters. The highest BCUT2D eigenvalue weighted by molar-refractivity contribution is 5.99. The average molecular weight is 443 g/mol. The molecule has 0 saturated carbocycles. The van der Waals surface area contributed by atoms with E-state index in [9.17, 15) is 9.59 Å². The fourth-order valence-corrected chi connectivity index (χ4v) is 4.28. The number of hydrogen-bond donors (Lipinski definition) is 0. The molecular formula is C27H30N4O2. The molecule has 1 unspecified atom stereocenters. The van der Waals surface area contributed by atoms with Gasteiger partial charge in [0, 0.05) is 63.8 Å². The van der Waals surface area contributed by atoms with E-state index in [0.29, 0.717) is 31.6 Å². The van der Waals surface area contributed by atoms with Gasteiger partial charge in [0.1, 0.15) is 6.04 Å². The molecule has 33 heavy (non-hydrogen) atoms. The minimum Gasteiger partial charge on any atom is -0.378 e. The standard InChI is InChI=1S/C27H30N4O2/c1-4-30-16-17-31(26(32)23-6-5-7-24(19-23)29(2)3)25(27(30)33)18-20-8-10-21(11-9-20)22-12-14-28-15-13-22/h5-15,19,25H,4,16-18H2,1-3H3. The van der Waals surface area contributed by atoms with E-state index >= 15 is 0 Å². The third-order valence-corrected chi connectivity index (χ3v) is 6.23. The molecule has 1 saturated heterocycles. The van der Waals surface area contributed by atoms with E-state index in [1.54, 1.807) is 17.3 Å². The molecule has 6 heteroatoms. The van der Waals surface area contributed by atoms with Crippen molar-refractivity contribution in [3.05, 3.63) is 84.2 Å². The van der Waals surface area contributed by atoms with E-state index in [4.69, 9.17) is 0 Å². The molecule has 2 heterocycles. The summed E-state index contributed by atoms with van der Waals surface area (Å²) in [6, 6.07) is 19.2. The van der Waals surface area contributed by atoms with Gasteiger partial charge in [-0.3, -0.25) is 14.6 Å². The molecule has 1 aliphatic rings. The molecule has 2 aromatic carbocycles. The number of carbonyl (C=O) groups excluding carboxylic acids is 2. The maximum atomic E-state index is 13.5. The Labute approximate surface area is 195 Å². The van der Waals surface area contributed by atoms with Crippen LogP contribution in [0.25, 0.3) is 11.1 Å². The summed E-state index contributed by atoms with van der Waals surface area (Å²) < 4.78 is 0. The van der Waals surface area contributed by atoms with Crippen molar-refractivity contribution >= 4 is 17.5 Å². The first-order chi connectivity index (χ1) is 16.0. The first-order valence-corrected chi connectivity index (χ1v) is 11.3. The highest BCUT2D eigenvalue weighted by atomic mass is 16.2. The van der Waals surface area contributed by atoms with E-state index < -0.39 is 6.04 Å². The molecule has 0 spiro atoms. The Hall–Kier alpha value is -3.67. The maximum Gasteiger partial charge on any atom is 0.254 e. The molecule has 0 aliphatic carbocycles. The summed E-state index contributed by atoms with van der Waals surface area (Å²) in [7, 11) is 3.90. The van der Waals surface area contributed by atoms with Gasteiger partial charge in [0.2, 0.25) is 5.91 Å². The number of pyridine rings is 1. The number of rotatable bonds is 6. The van der Waals surface area contributed by atoms with Crippen molar-refractivity contribution < 1.29 is 9.59 Å². The van der Waals surface area contributed by atoms with E-state index in [2.05, 4.69) is 17.1 Å². The number of nitrogens with zero attached hydrogens (tertiary/aromatic N) is 4. The van der Waals surface area contributed by atoms with Crippen molar-refractivity contribution in [1.29, 1.82) is 0 Å². The lowest BCUT2D eigenvalue weighted by Crippen LogP contribution is -2.59. The predicted octanol–water partition coefficient (Wildman–Crippen LogP) is 3.73. The van der Waals surface area contributed by atoms with Gasteiger partial charge < -0.3 is 14.7 Å². The van der Waals surface area contributed by atoms with Crippen LogP contribution in [0.2, 0.25) is 0 Å². The quantitative estimate of drug-likeness (QED) is 0.584. The zero-order valence-electron chi connectivity index (χ0n) is 19.4. The molecule has 3 aromatic rings. The van der Waals surface area contributed by atoms with Gasteiger partial charge >= 0.3 is 0 Å². The summed E-state index contributed by atoms with van der Waals surface area (Å²) in [6.45, 7) is 3.72. The van der Waals surface area contributed by atoms with E-state index in [0.717, 1.165) is 22.4 Å². The van der Waals surface area contributed by atoms with Gasteiger partial charge in [-0.1, -0.05) is 30.3 Å². The van der Waals surface area contributed by atoms with Crippen LogP contribution >= 0.6 is 0 Å². The molecule has 2 amide bonds. The zero-order chi connectivity index (χ0) is 23.4. The van der Waals surface area contributed by atoms with Crippen molar-refractivity contribution in [2.75, 3.05) is 38.6 Å². The predicted molar refractivity (Wildman–Crippen MR) is 131 cm³/mol. The van der Waals surface area contributed by atoms with Crippen LogP contribution < -0.4 is 4.90 Å². The van der Waals surface area contributed by atoms with Crippen LogP contribution in [0.3, 0.4) is 0 Å². The number of carbonyl (C=O) groups is 2. The Morgan fingerprint density at radius 3 is 2.36 bits per heavy atom. The first kappa shape index (κ1) is 22.5. The van der Waals surface area contributed by atoms with Crippen LogP contribution in [0.1, 0.15) is 22.8 Å². The molecule has 1 aliphatic heterocycles. The minimum atomic E-state index is -0.513. The number of amides is 2. The van der Waals surface area contributed by atoms with Crippen molar-refractivity contribution in [3.8, 4) is 11.1 Å². The Balaban J connectivity index is 1.59. The fourth-order valence-electron chi connectivity index (χ4n) is 4.28. The van der Waals surface area contributed by atoms with Gasteiger partial charge in [0.25, 0.3) is 5.91 Å². The summed E-state index contributed by atoms with van der Waals surface area (Å²) >= 11 is 0. The lowest BCUT2D eigenvalue weighted by atomic mass is 9.97. The lowest BCUT2D eigenvalue weighted by molar-refractivity contribution is -0.139. The first-order valence-electron chi connectivity index (χ1n) is 11.3. The average Bonchev–Trinajstić information content (AvgIpc) is 2.86. The number of aromatic nitrogens is 1. The summed E-state index contributed by atoms with van der Waals surface area (Å²) in [4.78, 5) is 36.4. The molecule has 6 nitrogen and oxygen atoms in total. The smallest absolute Gasteiger partial charge is 0.254 e. The molecule has 0 N–H and O–H groups in total. The maximum absolute atomic E-state index is 13.5. The van der Waals surface area contributed by atoms with Crippen LogP contribution in [0, 0.1) is 0 Å². The van der Waals surface area contributed by atoms with Crippen LogP contribution in [0.5, 0.6) is 0 Å². The molecule has 4 rings (SSSR count). The van der Waals surface area contributed by atoms with Crippen LogP contribution in [-0.4, -0.2) is 66.4 Å². The Kier molecular flexibility index (Phi) is 6.73. The van der Waals surface area contributed by atoms with Gasteiger partial charge in [0.05, 0.1) is 0 Å². The molecule has 170 valence electrons. The second kappa shape index (κ2) is 9.86. The number of anilines is 1. The normalized spacial score (nSPS) is 16.1. The highest BCUT2D eigenvalue weighted by Crippen LogP contribution is 2.23. The highest BCUT2D eigenvalue weighted by Gasteiger charge is 2.37. The molecular weight excluding hydrogens is 412 g/mol. The molecule has 1 aromatic heterocycles. The SMILES string of the molecule is CCN1CCN(C(=O)c2cccc(N(C)C)c2)C(Cc2ccc(-c3ccncc3)cc2)C1=O. The fraction of sp³-hybridized carbons (Fsp3) is 0.296. The van der Waals surface area contributed by atoms with Crippen molar-refractivity contribution in [2.24, 2.45) is 0 Å². The van der Waals surface area contributed by atoms with Crippen molar-refractivity contribution in [2.45, 2.75) is 19.4 Å². The van der Waals surface area contributed by atoms with Gasteiger partial charge in [0.15, 0.2) is 0 Å². The van der Waals surface area contributed by atoms with Crippen molar-refractivity contribution in [1.82, 2.24) is 14.8 Å². The van der Waals surface area contributed by atoms with Gasteiger partial charge in [-0.15, -0.1) is 0 Å². The number of piperazine rings is 1. The van der Waals surface area contributed by atoms with E-state index in [-0.39, 0.29) is 11.8 Å². The second-order valence-electron chi connectivity index (χ2n) is 8.51. The summed E-state index contributed by atoms with van der Waals surface area (Å²) in [5, 5.41) is 0. The van der Waals surface area contributed by atoms with Gasteiger partial charge in [-0.25, -0.2) is 0 Å². The van der Waals surface area contributed by atoms with E-state index in [1.807, 2.05) is 79.3 Å². The summed E-state index contributed by atoms with van der Waals surface area (Å²) in [6.07, 6.45) is 4.04. The van der Waals surface area contributed by atoms with Crippen LogP contribution in [0.4, 0.5) is 5.69 Å². The van der Waals surface area contributed by atoms with Gasteiger partial charge in [-0.2, -0.15) is 0 Å². The lowest BCUT2D eigenvalue weighted by Gasteiger charge is -2.40. The second-order valence-corrected chi connectivity index (χ2v) is 8.51. The van der Waals surface area contributed by atoms with Crippen LogP contribution in [0.15, 0.2) is 73.1 Å². The molecule has 0 bridgehead atoms. The van der Waals surface area contributed by atoms with E-state index in [1.165, 1.54) is 0 Å². The van der Waals surface area contributed by atoms with Gasteiger partial charge in [-0.05, 0) is 53.9 Å². The Bertz CT molecular complexity index is 1110. The Morgan fingerprint density at radius 1 is 1.00 bits per heavy atom. The Morgan fingerprint density at radius 2 is 1.70 bits per heavy atom. The van der Waals surface area contributed by atoms with Crippen LogP contribution in [-0.2, 0) is 11.2 Å². The number of hydrogen-bond acceptors (Lipinski definition) is 4. The largest absolute Gasteiger partial charge is 0.378 e. The zero-order valence-corrected chi connectivity index (χ0v) is 19.4.